The summed E-state index contributed by atoms with van der Waals surface area (Å²) in [6.07, 6.45) is 0. The van der Waals surface area contributed by atoms with Crippen molar-refractivity contribution >= 4 is 27.3 Å². The molecule has 0 amide bonds. The topological polar surface area (TPSA) is 85.1 Å². The number of hydrogen-bond donors (Lipinski definition) is 1. The Labute approximate surface area is 142 Å². The van der Waals surface area contributed by atoms with Crippen LogP contribution in [0.2, 0.25) is 5.02 Å². The van der Waals surface area contributed by atoms with Gasteiger partial charge < -0.3 is 4.52 Å². The molecule has 3 rings (SSSR count). The van der Waals surface area contributed by atoms with Gasteiger partial charge in [0.05, 0.1) is 15.6 Å². The lowest BCUT2D eigenvalue weighted by atomic mass is 10.2. The highest BCUT2D eigenvalue weighted by Crippen LogP contribution is 2.24. The molecule has 0 aliphatic rings. The van der Waals surface area contributed by atoms with Gasteiger partial charge in [-0.05, 0) is 30.3 Å². The Morgan fingerprint density at radius 3 is 2.67 bits per heavy atom. The van der Waals surface area contributed by atoms with Gasteiger partial charge in [-0.15, -0.1) is 0 Å². The molecule has 3 aromatic rings. The molecule has 0 atom stereocenters. The first-order valence-corrected chi connectivity index (χ1v) is 8.60. The van der Waals surface area contributed by atoms with Crippen LogP contribution in [-0.2, 0) is 10.0 Å². The molecular formula is C15H11ClFN3O3S. The molecule has 2 aromatic carbocycles. The standard InChI is InChI=1S/C15H11ClFN3O3S/c1-9-18-15(19-23-9)10-3-2-4-12(7-10)24(21,22)20-11-5-6-14(17)13(16)8-11/h2-8,20H,1H3. The maximum absolute atomic E-state index is 13.2. The normalized spacial score (nSPS) is 11.5. The zero-order chi connectivity index (χ0) is 17.3. The summed E-state index contributed by atoms with van der Waals surface area (Å²) >= 11 is 5.66. The lowest BCUT2D eigenvalue weighted by molar-refractivity contribution is 0.394. The van der Waals surface area contributed by atoms with Gasteiger partial charge in [0.25, 0.3) is 10.0 Å². The van der Waals surface area contributed by atoms with E-state index in [1.807, 2.05) is 0 Å². The molecule has 1 aromatic heterocycles. The molecule has 6 nitrogen and oxygen atoms in total. The summed E-state index contributed by atoms with van der Waals surface area (Å²) in [5, 5.41) is 3.58. The van der Waals surface area contributed by atoms with Crippen LogP contribution in [0, 0.1) is 12.7 Å². The number of hydrogen-bond acceptors (Lipinski definition) is 5. The Bertz CT molecular complexity index is 1000. The smallest absolute Gasteiger partial charge is 0.261 e. The Kier molecular flexibility index (Phi) is 4.25. The van der Waals surface area contributed by atoms with Crippen molar-refractivity contribution < 1.29 is 17.3 Å². The maximum atomic E-state index is 13.2. The van der Waals surface area contributed by atoms with Crippen LogP contribution in [0.1, 0.15) is 5.89 Å². The van der Waals surface area contributed by atoms with Crippen molar-refractivity contribution in [1.82, 2.24) is 10.1 Å². The lowest BCUT2D eigenvalue weighted by Gasteiger charge is -2.09. The second-order valence-electron chi connectivity index (χ2n) is 4.90. The lowest BCUT2D eigenvalue weighted by Crippen LogP contribution is -2.13. The van der Waals surface area contributed by atoms with Gasteiger partial charge in [-0.3, -0.25) is 4.72 Å². The second kappa shape index (κ2) is 6.21. The van der Waals surface area contributed by atoms with E-state index in [9.17, 15) is 12.8 Å². The molecule has 0 bridgehead atoms. The predicted octanol–water partition coefficient (Wildman–Crippen LogP) is 3.64. The van der Waals surface area contributed by atoms with Gasteiger partial charge >= 0.3 is 0 Å². The molecule has 0 aliphatic heterocycles. The highest BCUT2D eigenvalue weighted by atomic mass is 35.5. The molecular weight excluding hydrogens is 357 g/mol. The number of aromatic nitrogens is 2. The minimum Gasteiger partial charge on any atom is -0.339 e. The average Bonchev–Trinajstić information content (AvgIpc) is 2.97. The van der Waals surface area contributed by atoms with Crippen LogP contribution in [0.25, 0.3) is 11.4 Å². The van der Waals surface area contributed by atoms with Gasteiger partial charge in [0.1, 0.15) is 5.82 Å². The molecule has 0 unspecified atom stereocenters. The summed E-state index contributed by atoms with van der Waals surface area (Å²) in [6.45, 7) is 1.64. The van der Waals surface area contributed by atoms with E-state index in [1.54, 1.807) is 19.1 Å². The molecule has 9 heteroatoms. The summed E-state index contributed by atoms with van der Waals surface area (Å²) in [4.78, 5) is 4.06. The Morgan fingerprint density at radius 2 is 2.00 bits per heavy atom. The molecule has 1 N–H and O–H groups in total. The molecule has 24 heavy (non-hydrogen) atoms. The summed E-state index contributed by atoms with van der Waals surface area (Å²) in [7, 11) is -3.88. The highest BCUT2D eigenvalue weighted by molar-refractivity contribution is 7.92. The number of nitrogens with zero attached hydrogens (tertiary/aromatic N) is 2. The number of rotatable bonds is 4. The number of aryl methyl sites for hydroxylation is 1. The van der Waals surface area contributed by atoms with E-state index >= 15 is 0 Å². The quantitative estimate of drug-likeness (QED) is 0.761. The fourth-order valence-corrected chi connectivity index (χ4v) is 3.27. The van der Waals surface area contributed by atoms with Crippen molar-refractivity contribution in [3.63, 3.8) is 0 Å². The molecule has 0 saturated carbocycles. The van der Waals surface area contributed by atoms with Crippen molar-refractivity contribution in [3.05, 3.63) is 59.2 Å². The molecule has 0 radical (unpaired) electrons. The number of benzene rings is 2. The summed E-state index contributed by atoms with van der Waals surface area (Å²) in [5.74, 6) is 0.0285. The zero-order valence-corrected chi connectivity index (χ0v) is 13.9. The third kappa shape index (κ3) is 3.39. The molecule has 124 valence electrons. The fraction of sp³-hybridized carbons (Fsp3) is 0.0667. The predicted molar refractivity (Wildman–Crippen MR) is 86.7 cm³/mol. The zero-order valence-electron chi connectivity index (χ0n) is 12.3. The monoisotopic (exact) mass is 367 g/mol. The van der Waals surface area contributed by atoms with E-state index in [0.29, 0.717) is 11.5 Å². The van der Waals surface area contributed by atoms with Crippen molar-refractivity contribution in [2.75, 3.05) is 4.72 Å². The second-order valence-corrected chi connectivity index (χ2v) is 6.99. The molecule has 0 saturated heterocycles. The van der Waals surface area contributed by atoms with Gasteiger partial charge in [0.15, 0.2) is 0 Å². The largest absolute Gasteiger partial charge is 0.339 e. The number of halogens is 2. The van der Waals surface area contributed by atoms with E-state index in [1.165, 1.54) is 24.3 Å². The molecule has 0 fully saturated rings. The number of anilines is 1. The molecule has 0 spiro atoms. The molecule has 0 aliphatic carbocycles. The van der Waals surface area contributed by atoms with Crippen LogP contribution in [0.5, 0.6) is 0 Å². The summed E-state index contributed by atoms with van der Waals surface area (Å²) < 4.78 is 45.3. The maximum Gasteiger partial charge on any atom is 0.261 e. The summed E-state index contributed by atoms with van der Waals surface area (Å²) in [5.41, 5.74) is 0.647. The minimum absolute atomic E-state index is 0.00269. The SMILES string of the molecule is Cc1nc(-c2cccc(S(=O)(=O)Nc3ccc(F)c(Cl)c3)c2)no1. The average molecular weight is 368 g/mol. The first kappa shape index (κ1) is 16.4. The van der Waals surface area contributed by atoms with E-state index in [2.05, 4.69) is 14.9 Å². The Morgan fingerprint density at radius 1 is 1.21 bits per heavy atom. The van der Waals surface area contributed by atoms with Crippen LogP contribution >= 0.6 is 11.6 Å². The third-order valence-electron chi connectivity index (χ3n) is 3.10. The molecule has 1 heterocycles. The van der Waals surface area contributed by atoms with E-state index in [-0.39, 0.29) is 21.4 Å². The van der Waals surface area contributed by atoms with Crippen LogP contribution in [0.15, 0.2) is 51.9 Å². The third-order valence-corrected chi connectivity index (χ3v) is 4.77. The number of nitrogens with one attached hydrogen (secondary N) is 1. The first-order chi connectivity index (χ1) is 11.3. The van der Waals surface area contributed by atoms with Gasteiger partial charge in [0, 0.05) is 12.5 Å². The number of sulfonamides is 1. The van der Waals surface area contributed by atoms with Crippen LogP contribution in [-0.4, -0.2) is 18.6 Å². The van der Waals surface area contributed by atoms with Gasteiger partial charge in [-0.2, -0.15) is 4.98 Å². The van der Waals surface area contributed by atoms with Crippen LogP contribution < -0.4 is 4.72 Å². The summed E-state index contributed by atoms with van der Waals surface area (Å²) in [6, 6.07) is 9.62. The van der Waals surface area contributed by atoms with E-state index in [4.69, 9.17) is 16.1 Å². The van der Waals surface area contributed by atoms with Gasteiger partial charge in [-0.1, -0.05) is 28.9 Å². The van der Waals surface area contributed by atoms with Gasteiger partial charge in [0.2, 0.25) is 11.7 Å². The fourth-order valence-electron chi connectivity index (χ4n) is 1.99. The van der Waals surface area contributed by atoms with E-state index in [0.717, 1.165) is 6.07 Å². The first-order valence-electron chi connectivity index (χ1n) is 6.74. The minimum atomic E-state index is -3.88. The van der Waals surface area contributed by atoms with Crippen LogP contribution in [0.3, 0.4) is 0 Å². The highest BCUT2D eigenvalue weighted by Gasteiger charge is 2.17. The van der Waals surface area contributed by atoms with Gasteiger partial charge in [-0.25, -0.2) is 12.8 Å². The van der Waals surface area contributed by atoms with Crippen molar-refractivity contribution in [2.45, 2.75) is 11.8 Å². The van der Waals surface area contributed by atoms with Crippen molar-refractivity contribution in [2.24, 2.45) is 0 Å². The Balaban J connectivity index is 1.93. The van der Waals surface area contributed by atoms with Crippen LogP contribution in [0.4, 0.5) is 10.1 Å². The van der Waals surface area contributed by atoms with Crippen molar-refractivity contribution in [3.8, 4) is 11.4 Å². The Hall–Kier alpha value is -2.45. The van der Waals surface area contributed by atoms with E-state index < -0.39 is 15.8 Å². The van der Waals surface area contributed by atoms with Crippen molar-refractivity contribution in [1.29, 1.82) is 0 Å².